The van der Waals surface area contributed by atoms with Crippen LogP contribution in [0.3, 0.4) is 0 Å². The average molecular weight is 269 g/mol. The lowest BCUT2D eigenvalue weighted by molar-refractivity contribution is 0.455. The van der Waals surface area contributed by atoms with E-state index in [1.807, 2.05) is 24.3 Å². The lowest BCUT2D eigenvalue weighted by Gasteiger charge is -2.20. The Morgan fingerprint density at radius 2 is 1.69 bits per heavy atom. The fourth-order valence-corrected chi connectivity index (χ4v) is 3.05. The fourth-order valence-electron chi connectivity index (χ4n) is 1.54. The molecule has 2 aromatic rings. The molecule has 1 nitrogen and oxygen atoms in total. The molecule has 3 rings (SSSR count). The summed E-state index contributed by atoms with van der Waals surface area (Å²) in [4.78, 5) is 1.94. The third-order valence-electron chi connectivity index (χ3n) is 2.29. The summed E-state index contributed by atoms with van der Waals surface area (Å²) in [5, 5.41) is 1.25. The third-order valence-corrected chi connectivity index (χ3v) is 4.18. The summed E-state index contributed by atoms with van der Waals surface area (Å²) in [6.45, 7) is 0. The zero-order valence-electron chi connectivity index (χ0n) is 8.04. The Hall–Kier alpha value is -0.830. The maximum atomic E-state index is 6.12. The summed E-state index contributed by atoms with van der Waals surface area (Å²) >= 11 is 13.8. The van der Waals surface area contributed by atoms with Crippen LogP contribution in [0.2, 0.25) is 10.0 Å². The summed E-state index contributed by atoms with van der Waals surface area (Å²) in [7, 11) is 0. The van der Waals surface area contributed by atoms with E-state index in [1.54, 1.807) is 23.9 Å². The minimum Gasteiger partial charge on any atom is -0.453 e. The first kappa shape index (κ1) is 10.3. The molecule has 0 amide bonds. The van der Waals surface area contributed by atoms with E-state index < -0.39 is 0 Å². The first-order valence-electron chi connectivity index (χ1n) is 4.68. The van der Waals surface area contributed by atoms with Gasteiger partial charge in [0.15, 0.2) is 5.75 Å². The maximum absolute atomic E-state index is 6.12. The highest BCUT2D eigenvalue weighted by atomic mass is 35.5. The number of benzene rings is 2. The number of halogens is 2. The smallest absolute Gasteiger partial charge is 0.161 e. The minimum absolute atomic E-state index is 0.585. The second kappa shape index (κ2) is 3.88. The lowest BCUT2D eigenvalue weighted by Crippen LogP contribution is -1.95. The standard InChI is InChI=1S/C12H6Cl2OS/c13-7-5-6-8(14)12-11(7)15-9-3-1-2-4-10(9)16-12/h1-6H. The third kappa shape index (κ3) is 1.58. The van der Waals surface area contributed by atoms with Crippen LogP contribution >= 0.6 is 35.0 Å². The molecule has 2 aromatic carbocycles. The summed E-state index contributed by atoms with van der Waals surface area (Å²) in [6.07, 6.45) is 0. The molecular weight excluding hydrogens is 263 g/mol. The Kier molecular flexibility index (Phi) is 2.51. The van der Waals surface area contributed by atoms with Crippen molar-refractivity contribution in [2.24, 2.45) is 0 Å². The van der Waals surface area contributed by atoms with Crippen molar-refractivity contribution >= 4 is 35.0 Å². The monoisotopic (exact) mass is 268 g/mol. The van der Waals surface area contributed by atoms with Gasteiger partial charge in [-0.25, -0.2) is 0 Å². The van der Waals surface area contributed by atoms with E-state index in [4.69, 9.17) is 27.9 Å². The van der Waals surface area contributed by atoms with Gasteiger partial charge >= 0.3 is 0 Å². The Morgan fingerprint density at radius 3 is 2.56 bits per heavy atom. The van der Waals surface area contributed by atoms with Gasteiger partial charge in [-0.15, -0.1) is 0 Å². The van der Waals surface area contributed by atoms with Crippen molar-refractivity contribution in [2.75, 3.05) is 0 Å². The highest BCUT2D eigenvalue weighted by Crippen LogP contribution is 2.52. The molecule has 0 unspecified atom stereocenters. The van der Waals surface area contributed by atoms with Gasteiger partial charge in [0, 0.05) is 0 Å². The molecule has 16 heavy (non-hydrogen) atoms. The maximum Gasteiger partial charge on any atom is 0.161 e. The predicted octanol–water partition coefficient (Wildman–Crippen LogP) is 5.25. The Balaban J connectivity index is 2.19. The van der Waals surface area contributed by atoms with Gasteiger partial charge in [-0.05, 0) is 24.3 Å². The molecule has 0 bridgehead atoms. The Labute approximate surface area is 107 Å². The fraction of sp³-hybridized carbons (Fsp3) is 0. The molecule has 0 N–H and O–H groups in total. The number of fused-ring (bicyclic) bond motifs is 2. The second-order valence-corrected chi connectivity index (χ2v) is 5.20. The van der Waals surface area contributed by atoms with E-state index in [0.717, 1.165) is 15.5 Å². The van der Waals surface area contributed by atoms with E-state index in [9.17, 15) is 0 Å². The summed E-state index contributed by atoms with van der Waals surface area (Å²) in [5.74, 6) is 1.47. The van der Waals surface area contributed by atoms with E-state index in [1.165, 1.54) is 0 Å². The van der Waals surface area contributed by atoms with Crippen molar-refractivity contribution in [1.82, 2.24) is 0 Å². The van der Waals surface area contributed by atoms with Gasteiger partial charge in [-0.2, -0.15) is 0 Å². The van der Waals surface area contributed by atoms with E-state index >= 15 is 0 Å². The van der Waals surface area contributed by atoms with Gasteiger partial charge in [0.2, 0.25) is 0 Å². The first-order chi connectivity index (χ1) is 7.75. The molecule has 0 atom stereocenters. The number of para-hydroxylation sites is 1. The molecule has 0 spiro atoms. The van der Waals surface area contributed by atoms with Crippen molar-refractivity contribution in [3.8, 4) is 11.5 Å². The number of hydrogen-bond donors (Lipinski definition) is 0. The highest BCUT2D eigenvalue weighted by Gasteiger charge is 2.22. The van der Waals surface area contributed by atoms with E-state index in [-0.39, 0.29) is 0 Å². The predicted molar refractivity (Wildman–Crippen MR) is 67.1 cm³/mol. The van der Waals surface area contributed by atoms with Crippen molar-refractivity contribution < 1.29 is 4.74 Å². The molecule has 0 saturated heterocycles. The van der Waals surface area contributed by atoms with Crippen LogP contribution < -0.4 is 4.74 Å². The molecule has 0 radical (unpaired) electrons. The van der Waals surface area contributed by atoms with Crippen molar-refractivity contribution in [3.05, 3.63) is 46.4 Å². The number of hydrogen-bond acceptors (Lipinski definition) is 2. The summed E-state index contributed by atoms with van der Waals surface area (Å²) in [6, 6.07) is 11.4. The first-order valence-corrected chi connectivity index (χ1v) is 6.25. The molecule has 1 heterocycles. The molecule has 0 fully saturated rings. The molecule has 0 aliphatic carbocycles. The zero-order valence-corrected chi connectivity index (χ0v) is 10.4. The number of ether oxygens (including phenoxy) is 1. The van der Waals surface area contributed by atoms with Gasteiger partial charge in [0.25, 0.3) is 0 Å². The topological polar surface area (TPSA) is 9.23 Å². The van der Waals surface area contributed by atoms with Crippen LogP contribution in [0.5, 0.6) is 11.5 Å². The highest BCUT2D eigenvalue weighted by molar-refractivity contribution is 7.99. The number of rotatable bonds is 0. The van der Waals surface area contributed by atoms with E-state index in [0.29, 0.717) is 15.8 Å². The Morgan fingerprint density at radius 1 is 0.938 bits per heavy atom. The van der Waals surface area contributed by atoms with Crippen LogP contribution in [0.15, 0.2) is 46.2 Å². The molecule has 1 aliphatic rings. The molecule has 0 aromatic heterocycles. The van der Waals surface area contributed by atoms with Crippen molar-refractivity contribution in [3.63, 3.8) is 0 Å². The molecule has 80 valence electrons. The molecular formula is C12H6Cl2OS. The van der Waals surface area contributed by atoms with Crippen LogP contribution in [0.1, 0.15) is 0 Å². The zero-order chi connectivity index (χ0) is 11.1. The van der Waals surface area contributed by atoms with Gasteiger partial charge in [-0.3, -0.25) is 0 Å². The quantitative estimate of drug-likeness (QED) is 0.551. The van der Waals surface area contributed by atoms with Crippen molar-refractivity contribution in [2.45, 2.75) is 9.79 Å². The van der Waals surface area contributed by atoms with Crippen molar-refractivity contribution in [1.29, 1.82) is 0 Å². The van der Waals surface area contributed by atoms with Crippen LogP contribution in [0.25, 0.3) is 0 Å². The lowest BCUT2D eigenvalue weighted by atomic mass is 10.3. The van der Waals surface area contributed by atoms with Crippen LogP contribution in [0.4, 0.5) is 0 Å². The normalized spacial score (nSPS) is 12.6. The van der Waals surface area contributed by atoms with Gasteiger partial charge in [-0.1, -0.05) is 47.1 Å². The molecule has 0 saturated carbocycles. The second-order valence-electron chi connectivity index (χ2n) is 3.34. The summed E-state index contributed by atoms with van der Waals surface area (Å²) < 4.78 is 5.75. The minimum atomic E-state index is 0.585. The molecule has 1 aliphatic heterocycles. The van der Waals surface area contributed by atoms with Crippen LogP contribution in [-0.4, -0.2) is 0 Å². The average Bonchev–Trinajstić information content (AvgIpc) is 2.32. The largest absolute Gasteiger partial charge is 0.453 e. The van der Waals surface area contributed by atoms with Gasteiger partial charge in [0.05, 0.1) is 19.8 Å². The summed E-state index contributed by atoms with van der Waals surface area (Å²) in [5.41, 5.74) is 0. The van der Waals surface area contributed by atoms with Crippen LogP contribution in [-0.2, 0) is 0 Å². The van der Waals surface area contributed by atoms with E-state index in [2.05, 4.69) is 0 Å². The Bertz CT molecular complexity index is 519. The van der Waals surface area contributed by atoms with Gasteiger partial charge in [0.1, 0.15) is 5.75 Å². The molecule has 4 heteroatoms. The van der Waals surface area contributed by atoms with Gasteiger partial charge < -0.3 is 4.74 Å². The van der Waals surface area contributed by atoms with Crippen LogP contribution in [0, 0.1) is 0 Å². The SMILES string of the molecule is Clc1ccc(Cl)c2c1Oc1ccccc1S2.